The van der Waals surface area contributed by atoms with Crippen LogP contribution >= 0.6 is 0 Å². The minimum Gasteiger partial charge on any atom is -0.348 e. The Balaban J connectivity index is 2.03. The van der Waals surface area contributed by atoms with Gasteiger partial charge in [0.1, 0.15) is 0 Å². The van der Waals surface area contributed by atoms with Gasteiger partial charge in [-0.05, 0) is 19.9 Å². The van der Waals surface area contributed by atoms with Gasteiger partial charge in [-0.3, -0.25) is 4.68 Å². The Morgan fingerprint density at radius 1 is 1.46 bits per heavy atom. The van der Waals surface area contributed by atoms with Gasteiger partial charge < -0.3 is 9.47 Å². The van der Waals surface area contributed by atoms with Gasteiger partial charge in [0.15, 0.2) is 6.29 Å². The van der Waals surface area contributed by atoms with Crippen LogP contribution in [0, 0.1) is 13.8 Å². The maximum Gasteiger partial charge on any atom is 0.177 e. The van der Waals surface area contributed by atoms with Crippen LogP contribution in [0.4, 0.5) is 0 Å². The SMILES string of the molecule is Cc1cc(C)n(CC2OCCO2)n1. The van der Waals surface area contributed by atoms with Crippen molar-refractivity contribution in [3.8, 4) is 0 Å². The molecule has 0 atom stereocenters. The summed E-state index contributed by atoms with van der Waals surface area (Å²) in [6.07, 6.45) is -0.113. The molecule has 1 aliphatic heterocycles. The average molecular weight is 182 g/mol. The molecule has 72 valence electrons. The summed E-state index contributed by atoms with van der Waals surface area (Å²) in [5, 5.41) is 4.33. The lowest BCUT2D eigenvalue weighted by atomic mass is 10.4. The van der Waals surface area contributed by atoms with Crippen LogP contribution in [0.2, 0.25) is 0 Å². The van der Waals surface area contributed by atoms with Crippen molar-refractivity contribution in [1.29, 1.82) is 0 Å². The van der Waals surface area contributed by atoms with E-state index in [4.69, 9.17) is 9.47 Å². The maximum absolute atomic E-state index is 5.34. The number of ether oxygens (including phenoxy) is 2. The third-order valence-corrected chi connectivity index (χ3v) is 2.12. The summed E-state index contributed by atoms with van der Waals surface area (Å²) in [7, 11) is 0. The van der Waals surface area contributed by atoms with Gasteiger partial charge in [0, 0.05) is 5.69 Å². The highest BCUT2D eigenvalue weighted by atomic mass is 16.7. The monoisotopic (exact) mass is 182 g/mol. The van der Waals surface area contributed by atoms with Crippen molar-refractivity contribution in [2.75, 3.05) is 13.2 Å². The van der Waals surface area contributed by atoms with Crippen molar-refractivity contribution >= 4 is 0 Å². The zero-order valence-electron chi connectivity index (χ0n) is 7.99. The van der Waals surface area contributed by atoms with Crippen LogP contribution in [0.15, 0.2) is 6.07 Å². The van der Waals surface area contributed by atoms with E-state index in [1.165, 1.54) is 0 Å². The molecule has 1 aromatic heterocycles. The van der Waals surface area contributed by atoms with Gasteiger partial charge in [0.05, 0.1) is 25.5 Å². The molecule has 0 bridgehead atoms. The number of nitrogens with zero attached hydrogens (tertiary/aromatic N) is 2. The molecule has 0 unspecified atom stereocenters. The summed E-state index contributed by atoms with van der Waals surface area (Å²) in [6.45, 7) is 6.11. The third-order valence-electron chi connectivity index (χ3n) is 2.12. The molecule has 0 spiro atoms. The summed E-state index contributed by atoms with van der Waals surface area (Å²) >= 11 is 0. The minimum atomic E-state index is -0.113. The van der Waals surface area contributed by atoms with Gasteiger partial charge >= 0.3 is 0 Å². The highest BCUT2D eigenvalue weighted by molar-refractivity contribution is 5.06. The van der Waals surface area contributed by atoms with Crippen LogP contribution in [0.25, 0.3) is 0 Å². The molecule has 13 heavy (non-hydrogen) atoms. The fourth-order valence-electron chi connectivity index (χ4n) is 1.51. The molecule has 4 heteroatoms. The molecule has 2 rings (SSSR count). The molecule has 1 aliphatic rings. The lowest BCUT2D eigenvalue weighted by molar-refractivity contribution is -0.0549. The molecule has 4 nitrogen and oxygen atoms in total. The first-order valence-corrected chi connectivity index (χ1v) is 4.50. The molecule has 0 aliphatic carbocycles. The van der Waals surface area contributed by atoms with E-state index in [1.807, 2.05) is 18.5 Å². The molecule has 1 aromatic rings. The van der Waals surface area contributed by atoms with Crippen LogP contribution < -0.4 is 0 Å². The summed E-state index contributed by atoms with van der Waals surface area (Å²) in [5.41, 5.74) is 2.19. The Kier molecular flexibility index (Phi) is 2.33. The van der Waals surface area contributed by atoms with Gasteiger partial charge in [-0.15, -0.1) is 0 Å². The summed E-state index contributed by atoms with van der Waals surface area (Å²) < 4.78 is 12.6. The maximum atomic E-state index is 5.34. The molecule has 2 heterocycles. The predicted octanol–water partition coefficient (Wildman–Crippen LogP) is 0.873. The van der Waals surface area contributed by atoms with Crippen LogP contribution in [0.3, 0.4) is 0 Å². The van der Waals surface area contributed by atoms with Crippen molar-refractivity contribution in [3.05, 3.63) is 17.5 Å². The summed E-state index contributed by atoms with van der Waals surface area (Å²) in [6, 6.07) is 2.05. The fourth-order valence-corrected chi connectivity index (χ4v) is 1.51. The standard InChI is InChI=1S/C9H14N2O2/c1-7-5-8(2)11(10-7)6-9-12-3-4-13-9/h5,9H,3-4,6H2,1-2H3. The Morgan fingerprint density at radius 3 is 2.69 bits per heavy atom. The van der Waals surface area contributed by atoms with E-state index in [9.17, 15) is 0 Å². The topological polar surface area (TPSA) is 36.3 Å². The van der Waals surface area contributed by atoms with Crippen LogP contribution in [0.1, 0.15) is 11.4 Å². The van der Waals surface area contributed by atoms with E-state index in [2.05, 4.69) is 11.2 Å². The number of hydrogen-bond donors (Lipinski definition) is 0. The summed E-state index contributed by atoms with van der Waals surface area (Å²) in [4.78, 5) is 0. The van der Waals surface area contributed by atoms with E-state index in [-0.39, 0.29) is 6.29 Å². The Hall–Kier alpha value is -0.870. The van der Waals surface area contributed by atoms with E-state index in [0.29, 0.717) is 19.8 Å². The number of rotatable bonds is 2. The Morgan fingerprint density at radius 2 is 2.15 bits per heavy atom. The van der Waals surface area contributed by atoms with Crippen LogP contribution in [-0.2, 0) is 16.0 Å². The van der Waals surface area contributed by atoms with Crippen molar-refractivity contribution in [2.45, 2.75) is 26.7 Å². The number of aromatic nitrogens is 2. The minimum absolute atomic E-state index is 0.113. The number of hydrogen-bond acceptors (Lipinski definition) is 3. The predicted molar refractivity (Wildman–Crippen MR) is 47.4 cm³/mol. The highest BCUT2D eigenvalue weighted by Gasteiger charge is 2.17. The highest BCUT2D eigenvalue weighted by Crippen LogP contribution is 2.09. The zero-order valence-corrected chi connectivity index (χ0v) is 7.99. The second kappa shape index (κ2) is 3.47. The quantitative estimate of drug-likeness (QED) is 0.681. The molecule has 0 N–H and O–H groups in total. The van der Waals surface area contributed by atoms with Gasteiger partial charge in [-0.1, -0.05) is 0 Å². The van der Waals surface area contributed by atoms with Crippen molar-refractivity contribution in [2.24, 2.45) is 0 Å². The van der Waals surface area contributed by atoms with E-state index in [0.717, 1.165) is 11.4 Å². The second-order valence-electron chi connectivity index (χ2n) is 3.28. The first-order valence-electron chi connectivity index (χ1n) is 4.50. The van der Waals surface area contributed by atoms with Gasteiger partial charge in [0.25, 0.3) is 0 Å². The Bertz CT molecular complexity index is 290. The molecule has 1 fully saturated rings. The van der Waals surface area contributed by atoms with E-state index < -0.39 is 0 Å². The van der Waals surface area contributed by atoms with Crippen molar-refractivity contribution in [1.82, 2.24) is 9.78 Å². The molecular formula is C9H14N2O2. The second-order valence-corrected chi connectivity index (χ2v) is 3.28. The van der Waals surface area contributed by atoms with Gasteiger partial charge in [-0.25, -0.2) is 0 Å². The van der Waals surface area contributed by atoms with Gasteiger partial charge in [-0.2, -0.15) is 5.10 Å². The number of aryl methyl sites for hydroxylation is 2. The largest absolute Gasteiger partial charge is 0.348 e. The first kappa shape index (κ1) is 8.72. The molecule has 0 radical (unpaired) electrons. The molecule has 0 amide bonds. The fraction of sp³-hybridized carbons (Fsp3) is 0.667. The molecule has 1 saturated heterocycles. The Labute approximate surface area is 77.4 Å². The average Bonchev–Trinajstić information content (AvgIpc) is 2.63. The summed E-state index contributed by atoms with van der Waals surface area (Å²) in [5.74, 6) is 0. The van der Waals surface area contributed by atoms with Crippen LogP contribution in [0.5, 0.6) is 0 Å². The van der Waals surface area contributed by atoms with Gasteiger partial charge in [0.2, 0.25) is 0 Å². The molecular weight excluding hydrogens is 168 g/mol. The van der Waals surface area contributed by atoms with Crippen molar-refractivity contribution < 1.29 is 9.47 Å². The third kappa shape index (κ3) is 1.89. The zero-order chi connectivity index (χ0) is 9.26. The van der Waals surface area contributed by atoms with Crippen LogP contribution in [-0.4, -0.2) is 29.3 Å². The smallest absolute Gasteiger partial charge is 0.177 e. The molecule has 0 aromatic carbocycles. The lowest BCUT2D eigenvalue weighted by Crippen LogP contribution is -2.18. The normalized spacial score (nSPS) is 18.3. The van der Waals surface area contributed by atoms with E-state index >= 15 is 0 Å². The lowest BCUT2D eigenvalue weighted by Gasteiger charge is -2.09. The van der Waals surface area contributed by atoms with E-state index in [1.54, 1.807) is 0 Å². The van der Waals surface area contributed by atoms with Crippen molar-refractivity contribution in [3.63, 3.8) is 0 Å². The molecule has 0 saturated carbocycles. The first-order chi connectivity index (χ1) is 6.25.